The highest BCUT2D eigenvalue weighted by Gasteiger charge is 2.33. The predicted molar refractivity (Wildman–Crippen MR) is 107 cm³/mol. The highest BCUT2D eigenvalue weighted by Crippen LogP contribution is 2.37. The van der Waals surface area contributed by atoms with Gasteiger partial charge in [0.15, 0.2) is 0 Å². The summed E-state index contributed by atoms with van der Waals surface area (Å²) in [6, 6.07) is 10.1. The third-order valence-corrected chi connectivity index (χ3v) is 4.49. The van der Waals surface area contributed by atoms with Gasteiger partial charge in [-0.15, -0.1) is 0 Å². The van der Waals surface area contributed by atoms with E-state index in [4.69, 9.17) is 9.47 Å². The molecule has 0 fully saturated rings. The maximum atomic E-state index is 14.5. The topological polar surface area (TPSA) is 62.1 Å². The van der Waals surface area contributed by atoms with Crippen LogP contribution in [0.2, 0.25) is 0 Å². The fourth-order valence-corrected chi connectivity index (χ4v) is 3.02. The molecule has 0 aliphatic heterocycles. The van der Waals surface area contributed by atoms with Crippen molar-refractivity contribution in [1.29, 1.82) is 0 Å². The van der Waals surface area contributed by atoms with Gasteiger partial charge in [-0.25, -0.2) is 14.4 Å². The second-order valence-electron chi connectivity index (χ2n) is 6.62. The van der Waals surface area contributed by atoms with E-state index in [1.807, 2.05) is 0 Å². The third kappa shape index (κ3) is 4.50. The Bertz CT molecular complexity index is 1170. The van der Waals surface area contributed by atoms with Crippen LogP contribution in [0.5, 0.6) is 17.4 Å². The first-order chi connectivity index (χ1) is 15.0. The normalized spacial score (nSPS) is 11.4. The molecular weight excluding hydrogens is 409 g/mol. The Hall–Kier alpha value is -3.88. The monoisotopic (exact) mass is 426 g/mol. The molecule has 4 rings (SSSR count). The second-order valence-corrected chi connectivity index (χ2v) is 6.62. The summed E-state index contributed by atoms with van der Waals surface area (Å²) in [5.74, 6) is -2.89. The number of methoxy groups -OCH3 is 1. The highest BCUT2D eigenvalue weighted by atomic mass is 19.3. The molecule has 9 heteroatoms. The first kappa shape index (κ1) is 20.4. The summed E-state index contributed by atoms with van der Waals surface area (Å²) < 4.78 is 54.8. The van der Waals surface area contributed by atoms with Gasteiger partial charge in [0.1, 0.15) is 23.0 Å². The summed E-state index contributed by atoms with van der Waals surface area (Å²) in [7, 11) is 1.43. The molecule has 0 saturated carbocycles. The molecule has 0 radical (unpaired) electrons. The van der Waals surface area contributed by atoms with Gasteiger partial charge in [0.05, 0.1) is 26.2 Å². The van der Waals surface area contributed by atoms with Gasteiger partial charge >= 0.3 is 5.92 Å². The van der Waals surface area contributed by atoms with Crippen molar-refractivity contribution in [3.8, 4) is 28.5 Å². The second kappa shape index (κ2) is 8.47. The van der Waals surface area contributed by atoms with E-state index in [0.717, 1.165) is 0 Å². The molecule has 1 aromatic carbocycles. The van der Waals surface area contributed by atoms with Crippen molar-refractivity contribution in [3.63, 3.8) is 0 Å². The number of hydrogen-bond donors (Lipinski definition) is 0. The first-order valence-electron chi connectivity index (χ1n) is 9.23. The standard InChI is InChI=1S/C22H17F3N4O2/c1-30-19-11-15(23)4-6-17(19)18-3-2-8-27-21(18)31-16-5-7-20(28-12-16)22(24,25)13-29-10-9-26-14-29/h2-12,14H,13H2,1H3. The zero-order valence-electron chi connectivity index (χ0n) is 16.4. The molecule has 0 spiro atoms. The number of ether oxygens (including phenoxy) is 2. The summed E-state index contributed by atoms with van der Waals surface area (Å²) in [5, 5.41) is 0. The molecular formula is C22H17F3N4O2. The minimum Gasteiger partial charge on any atom is -0.496 e. The maximum absolute atomic E-state index is 14.5. The Kier molecular flexibility index (Phi) is 5.57. The number of rotatable bonds is 7. The lowest BCUT2D eigenvalue weighted by Crippen LogP contribution is -2.22. The van der Waals surface area contributed by atoms with Crippen LogP contribution >= 0.6 is 0 Å². The van der Waals surface area contributed by atoms with E-state index in [9.17, 15) is 13.2 Å². The van der Waals surface area contributed by atoms with Gasteiger partial charge in [-0.05, 0) is 36.4 Å². The summed E-state index contributed by atoms with van der Waals surface area (Å²) in [5.41, 5.74) is 0.729. The number of aromatic nitrogens is 4. The van der Waals surface area contributed by atoms with E-state index in [1.165, 1.54) is 67.1 Å². The summed E-state index contributed by atoms with van der Waals surface area (Å²) in [4.78, 5) is 11.8. The van der Waals surface area contributed by atoms with Crippen molar-refractivity contribution in [2.45, 2.75) is 12.5 Å². The number of halogens is 3. The first-order valence-corrected chi connectivity index (χ1v) is 9.23. The fraction of sp³-hybridized carbons (Fsp3) is 0.136. The Labute approximate surface area is 175 Å². The average molecular weight is 426 g/mol. The average Bonchev–Trinajstić information content (AvgIpc) is 3.27. The van der Waals surface area contributed by atoms with Crippen LogP contribution in [0.1, 0.15) is 5.69 Å². The Morgan fingerprint density at radius 3 is 2.61 bits per heavy atom. The summed E-state index contributed by atoms with van der Waals surface area (Å²) in [6.07, 6.45) is 6.93. The van der Waals surface area contributed by atoms with Crippen molar-refractivity contribution in [2.24, 2.45) is 0 Å². The molecule has 0 unspecified atom stereocenters. The number of pyridine rings is 2. The molecule has 0 amide bonds. The van der Waals surface area contributed by atoms with E-state index < -0.39 is 24.0 Å². The van der Waals surface area contributed by atoms with Crippen LogP contribution < -0.4 is 9.47 Å². The van der Waals surface area contributed by atoms with Crippen LogP contribution in [0, 0.1) is 5.82 Å². The smallest absolute Gasteiger partial charge is 0.307 e. The lowest BCUT2D eigenvalue weighted by atomic mass is 10.1. The quantitative estimate of drug-likeness (QED) is 0.413. The maximum Gasteiger partial charge on any atom is 0.307 e. The minimum atomic E-state index is -3.18. The Balaban J connectivity index is 1.58. The van der Waals surface area contributed by atoms with E-state index in [-0.39, 0.29) is 11.6 Å². The van der Waals surface area contributed by atoms with E-state index in [1.54, 1.807) is 18.2 Å². The van der Waals surface area contributed by atoms with Gasteiger partial charge < -0.3 is 14.0 Å². The highest BCUT2D eigenvalue weighted by molar-refractivity contribution is 5.74. The van der Waals surface area contributed by atoms with Crippen molar-refractivity contribution in [1.82, 2.24) is 19.5 Å². The van der Waals surface area contributed by atoms with E-state index in [0.29, 0.717) is 16.9 Å². The third-order valence-electron chi connectivity index (χ3n) is 4.49. The van der Waals surface area contributed by atoms with Gasteiger partial charge in [0.25, 0.3) is 0 Å². The van der Waals surface area contributed by atoms with Crippen LogP contribution in [0.25, 0.3) is 11.1 Å². The molecule has 0 saturated heterocycles. The van der Waals surface area contributed by atoms with Crippen LogP contribution in [0.15, 0.2) is 73.6 Å². The molecule has 0 N–H and O–H groups in total. The van der Waals surface area contributed by atoms with Crippen molar-refractivity contribution >= 4 is 0 Å². The summed E-state index contributed by atoms with van der Waals surface area (Å²) >= 11 is 0. The predicted octanol–water partition coefficient (Wildman–Crippen LogP) is 5.07. The Morgan fingerprint density at radius 2 is 1.90 bits per heavy atom. The van der Waals surface area contributed by atoms with Gasteiger partial charge in [-0.1, -0.05) is 0 Å². The van der Waals surface area contributed by atoms with Crippen LogP contribution in [-0.2, 0) is 12.5 Å². The number of benzene rings is 1. The van der Waals surface area contributed by atoms with E-state index in [2.05, 4.69) is 15.0 Å². The lowest BCUT2D eigenvalue weighted by molar-refractivity contribution is -0.0266. The molecule has 0 atom stereocenters. The molecule has 31 heavy (non-hydrogen) atoms. The van der Waals surface area contributed by atoms with Crippen LogP contribution in [0.4, 0.5) is 13.2 Å². The SMILES string of the molecule is COc1cc(F)ccc1-c1cccnc1Oc1ccc(C(F)(F)Cn2ccnc2)nc1. The van der Waals surface area contributed by atoms with Gasteiger partial charge in [0.2, 0.25) is 5.88 Å². The van der Waals surface area contributed by atoms with E-state index >= 15 is 0 Å². The van der Waals surface area contributed by atoms with Crippen LogP contribution in [0.3, 0.4) is 0 Å². The number of imidazole rings is 1. The lowest BCUT2D eigenvalue weighted by Gasteiger charge is -2.17. The molecule has 0 aliphatic rings. The van der Waals surface area contributed by atoms with Crippen molar-refractivity contribution < 1.29 is 22.6 Å². The molecule has 3 heterocycles. The fourth-order valence-electron chi connectivity index (χ4n) is 3.02. The zero-order valence-corrected chi connectivity index (χ0v) is 16.4. The van der Waals surface area contributed by atoms with Gasteiger partial charge in [0, 0.05) is 35.8 Å². The number of hydrogen-bond acceptors (Lipinski definition) is 5. The zero-order chi connectivity index (χ0) is 21.8. The van der Waals surface area contributed by atoms with Gasteiger partial charge in [-0.3, -0.25) is 4.98 Å². The van der Waals surface area contributed by atoms with Gasteiger partial charge in [-0.2, -0.15) is 8.78 Å². The molecule has 0 bridgehead atoms. The number of alkyl halides is 2. The molecule has 4 aromatic rings. The minimum absolute atomic E-state index is 0.201. The summed E-state index contributed by atoms with van der Waals surface area (Å²) in [6.45, 7) is -0.574. The molecule has 158 valence electrons. The number of nitrogens with zero attached hydrogens (tertiary/aromatic N) is 4. The van der Waals surface area contributed by atoms with Crippen LogP contribution in [-0.4, -0.2) is 26.6 Å². The molecule has 3 aromatic heterocycles. The molecule has 0 aliphatic carbocycles. The van der Waals surface area contributed by atoms with Crippen molar-refractivity contribution in [3.05, 3.63) is 85.1 Å². The van der Waals surface area contributed by atoms with Crippen molar-refractivity contribution in [2.75, 3.05) is 7.11 Å². The molecule has 6 nitrogen and oxygen atoms in total. The largest absolute Gasteiger partial charge is 0.496 e. The Morgan fingerprint density at radius 1 is 1.03 bits per heavy atom.